The zero-order valence-electron chi connectivity index (χ0n) is 12.0. The molecule has 0 radical (unpaired) electrons. The molecule has 2 aromatic rings. The number of rotatable bonds is 7. The highest BCUT2D eigenvalue weighted by atomic mass is 32.1. The lowest BCUT2D eigenvalue weighted by atomic mass is 10.3. The number of hydrogen-bond acceptors (Lipinski definition) is 5. The zero-order chi connectivity index (χ0) is 15.2. The van der Waals surface area contributed by atoms with Gasteiger partial charge in [0.1, 0.15) is 0 Å². The summed E-state index contributed by atoms with van der Waals surface area (Å²) in [5.41, 5.74) is 0.955. The minimum Gasteiger partial charge on any atom is -0.368 e. The Morgan fingerprint density at radius 3 is 2.33 bits per heavy atom. The van der Waals surface area contributed by atoms with Crippen molar-refractivity contribution >= 4 is 23.0 Å². The van der Waals surface area contributed by atoms with Crippen LogP contribution in [0.1, 0.15) is 24.0 Å². The van der Waals surface area contributed by atoms with E-state index in [0.29, 0.717) is 19.5 Å². The SMILES string of the molecule is CCCNc1nc(NCCc2csc(C)n2)c(F)cc1F. The molecule has 2 heterocycles. The lowest BCUT2D eigenvalue weighted by molar-refractivity contribution is 0.577. The van der Waals surface area contributed by atoms with Crippen LogP contribution < -0.4 is 10.6 Å². The Labute approximate surface area is 126 Å². The third-order valence-electron chi connectivity index (χ3n) is 2.81. The van der Waals surface area contributed by atoms with Crippen LogP contribution in [-0.4, -0.2) is 23.1 Å². The lowest BCUT2D eigenvalue weighted by Gasteiger charge is -2.10. The second-order valence-corrected chi connectivity index (χ2v) is 5.67. The Kier molecular flexibility index (Phi) is 5.44. The average Bonchev–Trinajstić information content (AvgIpc) is 2.85. The van der Waals surface area contributed by atoms with Crippen LogP contribution in [0.5, 0.6) is 0 Å². The first-order chi connectivity index (χ1) is 10.1. The molecule has 0 bridgehead atoms. The molecule has 2 rings (SSSR count). The van der Waals surface area contributed by atoms with E-state index in [1.165, 1.54) is 0 Å². The Hall–Kier alpha value is -1.76. The van der Waals surface area contributed by atoms with E-state index in [9.17, 15) is 8.78 Å². The smallest absolute Gasteiger partial charge is 0.168 e. The van der Waals surface area contributed by atoms with Crippen LogP contribution in [0.2, 0.25) is 0 Å². The van der Waals surface area contributed by atoms with Crippen LogP contribution >= 0.6 is 11.3 Å². The predicted molar refractivity (Wildman–Crippen MR) is 82.0 cm³/mol. The average molecular weight is 312 g/mol. The molecule has 0 aliphatic heterocycles. The Bertz CT molecular complexity index is 601. The largest absolute Gasteiger partial charge is 0.368 e. The molecule has 0 amide bonds. The number of anilines is 2. The summed E-state index contributed by atoms with van der Waals surface area (Å²) in [4.78, 5) is 8.28. The van der Waals surface area contributed by atoms with Gasteiger partial charge in [-0.3, -0.25) is 0 Å². The van der Waals surface area contributed by atoms with Crippen molar-refractivity contribution in [3.05, 3.63) is 33.8 Å². The fraction of sp³-hybridized carbons (Fsp3) is 0.429. The Balaban J connectivity index is 1.98. The van der Waals surface area contributed by atoms with Gasteiger partial charge in [0.15, 0.2) is 23.3 Å². The molecule has 0 spiro atoms. The summed E-state index contributed by atoms with van der Waals surface area (Å²) in [7, 11) is 0. The molecule has 0 saturated heterocycles. The van der Waals surface area contributed by atoms with Gasteiger partial charge in [0, 0.05) is 31.0 Å². The van der Waals surface area contributed by atoms with Gasteiger partial charge in [-0.05, 0) is 13.3 Å². The molecule has 4 nitrogen and oxygen atoms in total. The van der Waals surface area contributed by atoms with Crippen molar-refractivity contribution in [2.75, 3.05) is 23.7 Å². The number of hydrogen-bond donors (Lipinski definition) is 2. The van der Waals surface area contributed by atoms with Crippen molar-refractivity contribution < 1.29 is 8.78 Å². The zero-order valence-corrected chi connectivity index (χ0v) is 12.9. The predicted octanol–water partition coefficient (Wildman–Crippen LogP) is 3.60. The first-order valence-corrected chi connectivity index (χ1v) is 7.73. The van der Waals surface area contributed by atoms with E-state index in [0.717, 1.165) is 23.2 Å². The molecule has 2 aromatic heterocycles. The van der Waals surface area contributed by atoms with Gasteiger partial charge in [0.05, 0.1) is 10.7 Å². The van der Waals surface area contributed by atoms with Crippen molar-refractivity contribution in [2.45, 2.75) is 26.7 Å². The Morgan fingerprint density at radius 2 is 1.76 bits per heavy atom. The molecular weight excluding hydrogens is 294 g/mol. The highest BCUT2D eigenvalue weighted by molar-refractivity contribution is 7.09. The van der Waals surface area contributed by atoms with Crippen LogP contribution in [0.15, 0.2) is 11.4 Å². The number of aryl methyl sites for hydroxylation is 1. The number of pyridine rings is 1. The summed E-state index contributed by atoms with van der Waals surface area (Å²) in [5.74, 6) is -1.24. The second-order valence-electron chi connectivity index (χ2n) is 4.61. The van der Waals surface area contributed by atoms with Crippen LogP contribution in [0.25, 0.3) is 0 Å². The fourth-order valence-corrected chi connectivity index (χ4v) is 2.44. The number of halogens is 2. The van der Waals surface area contributed by atoms with Gasteiger partial charge in [-0.25, -0.2) is 18.7 Å². The minimum absolute atomic E-state index is 0.0574. The summed E-state index contributed by atoms with van der Waals surface area (Å²) in [6.07, 6.45) is 1.50. The third-order valence-corrected chi connectivity index (χ3v) is 3.63. The first kappa shape index (κ1) is 15.6. The molecule has 0 unspecified atom stereocenters. The van der Waals surface area contributed by atoms with Crippen LogP contribution in [0.4, 0.5) is 20.4 Å². The summed E-state index contributed by atoms with van der Waals surface area (Å²) in [5, 5.41) is 8.70. The first-order valence-electron chi connectivity index (χ1n) is 6.85. The number of aromatic nitrogens is 2. The summed E-state index contributed by atoms with van der Waals surface area (Å²) >= 11 is 1.58. The van der Waals surface area contributed by atoms with Gasteiger partial charge in [-0.2, -0.15) is 0 Å². The van der Waals surface area contributed by atoms with Crippen molar-refractivity contribution in [2.24, 2.45) is 0 Å². The van der Waals surface area contributed by atoms with Crippen molar-refractivity contribution in [3.63, 3.8) is 0 Å². The molecule has 0 aromatic carbocycles. The van der Waals surface area contributed by atoms with Gasteiger partial charge < -0.3 is 10.6 Å². The molecule has 0 atom stereocenters. The molecule has 0 aliphatic rings. The molecule has 21 heavy (non-hydrogen) atoms. The van der Waals surface area contributed by atoms with Crippen molar-refractivity contribution in [1.29, 1.82) is 0 Å². The standard InChI is InChI=1S/C14H18F2N4S/c1-3-5-17-13-11(15)7-12(16)14(20-13)18-6-4-10-8-21-9(2)19-10/h7-8H,3-6H2,1-2H3,(H2,17,18,20). The molecular formula is C14H18F2N4S. The minimum atomic E-state index is -0.691. The van der Waals surface area contributed by atoms with E-state index in [1.807, 2.05) is 19.2 Å². The summed E-state index contributed by atoms with van der Waals surface area (Å²) in [6.45, 7) is 4.98. The topological polar surface area (TPSA) is 49.8 Å². The van der Waals surface area contributed by atoms with E-state index in [4.69, 9.17) is 0 Å². The van der Waals surface area contributed by atoms with E-state index in [-0.39, 0.29) is 11.6 Å². The van der Waals surface area contributed by atoms with E-state index in [2.05, 4.69) is 20.6 Å². The number of thiazole rings is 1. The van der Waals surface area contributed by atoms with E-state index >= 15 is 0 Å². The maximum Gasteiger partial charge on any atom is 0.168 e. The fourth-order valence-electron chi connectivity index (χ4n) is 1.79. The second kappa shape index (κ2) is 7.31. The molecule has 0 aliphatic carbocycles. The molecule has 114 valence electrons. The quantitative estimate of drug-likeness (QED) is 0.820. The summed E-state index contributed by atoms with van der Waals surface area (Å²) < 4.78 is 27.2. The normalized spacial score (nSPS) is 10.7. The lowest BCUT2D eigenvalue weighted by Crippen LogP contribution is -2.11. The Morgan fingerprint density at radius 1 is 1.10 bits per heavy atom. The van der Waals surface area contributed by atoms with Gasteiger partial charge in [-0.15, -0.1) is 11.3 Å². The van der Waals surface area contributed by atoms with Crippen LogP contribution in [0, 0.1) is 18.6 Å². The van der Waals surface area contributed by atoms with E-state index in [1.54, 1.807) is 11.3 Å². The van der Waals surface area contributed by atoms with Crippen molar-refractivity contribution in [1.82, 2.24) is 9.97 Å². The number of nitrogens with one attached hydrogen (secondary N) is 2. The third kappa shape index (κ3) is 4.35. The monoisotopic (exact) mass is 312 g/mol. The molecule has 0 saturated carbocycles. The molecule has 2 N–H and O–H groups in total. The molecule has 7 heteroatoms. The molecule has 0 fully saturated rings. The van der Waals surface area contributed by atoms with E-state index < -0.39 is 11.6 Å². The van der Waals surface area contributed by atoms with Gasteiger partial charge in [0.25, 0.3) is 0 Å². The highest BCUT2D eigenvalue weighted by Crippen LogP contribution is 2.19. The highest BCUT2D eigenvalue weighted by Gasteiger charge is 2.11. The van der Waals surface area contributed by atoms with Crippen LogP contribution in [0.3, 0.4) is 0 Å². The maximum absolute atomic E-state index is 13.7. The van der Waals surface area contributed by atoms with Gasteiger partial charge >= 0.3 is 0 Å². The van der Waals surface area contributed by atoms with Crippen molar-refractivity contribution in [3.8, 4) is 0 Å². The van der Waals surface area contributed by atoms with Crippen LogP contribution in [-0.2, 0) is 6.42 Å². The van der Waals surface area contributed by atoms with Gasteiger partial charge in [-0.1, -0.05) is 6.92 Å². The summed E-state index contributed by atoms with van der Waals surface area (Å²) in [6, 6.07) is 0.848. The van der Waals surface area contributed by atoms with Gasteiger partial charge in [0.2, 0.25) is 0 Å². The number of nitrogens with zero attached hydrogens (tertiary/aromatic N) is 2. The maximum atomic E-state index is 13.7.